The minimum Gasteiger partial charge on any atom is -0.463 e. The molecule has 0 bridgehead atoms. The number of hydrogen-bond donors (Lipinski definition) is 1. The van der Waals surface area contributed by atoms with E-state index in [1.165, 1.54) is 103 Å². The largest absolute Gasteiger partial charge is 0.463 e. The molecule has 3 rings (SSSR count). The summed E-state index contributed by atoms with van der Waals surface area (Å²) in [5, 5.41) is 0. The first-order valence-electron chi connectivity index (χ1n) is 21.9. The molecule has 1 aliphatic heterocycles. The van der Waals surface area contributed by atoms with Gasteiger partial charge >= 0.3 is 18.0 Å². The predicted octanol–water partition coefficient (Wildman–Crippen LogP) is 10.8. The van der Waals surface area contributed by atoms with E-state index in [4.69, 9.17) is 26.4 Å². The second-order valence-electron chi connectivity index (χ2n) is 15.8. The number of terminal acetylenes is 1. The van der Waals surface area contributed by atoms with E-state index in [2.05, 4.69) is 34.7 Å². The first-order valence-corrected chi connectivity index (χ1v) is 21.9. The number of hydrogen-bond acceptors (Lipinski definition) is 9. The second kappa shape index (κ2) is 27.4. The number of nitrogen functional groups attached to an aromatic ring is 1. The maximum absolute atomic E-state index is 14.4. The molecule has 0 aromatic carbocycles. The molecule has 310 valence electrons. The number of unbranched alkanes of at least 4 members (excludes halogenated alkanes) is 20. The van der Waals surface area contributed by atoms with Crippen LogP contribution in [-0.4, -0.2) is 57.4 Å². The van der Waals surface area contributed by atoms with Crippen molar-refractivity contribution in [2.75, 3.05) is 25.6 Å². The van der Waals surface area contributed by atoms with Crippen LogP contribution in [0.25, 0.3) is 11.2 Å². The van der Waals surface area contributed by atoms with E-state index in [-0.39, 0.29) is 37.3 Å². The Labute approximate surface area is 331 Å². The fraction of sp³-hybridized carbons (Fsp3) is 0.795. The maximum Gasteiger partial charge on any atom is 0.328 e. The number of anilines is 1. The third kappa shape index (κ3) is 17.2. The summed E-state index contributed by atoms with van der Waals surface area (Å²) >= 11 is 0. The van der Waals surface area contributed by atoms with Gasteiger partial charge in [-0.1, -0.05) is 155 Å². The highest BCUT2D eigenvalue weighted by Gasteiger charge is 2.42. The van der Waals surface area contributed by atoms with Gasteiger partial charge in [-0.3, -0.25) is 9.59 Å². The Hall–Kier alpha value is -3.26. The summed E-state index contributed by atoms with van der Waals surface area (Å²) < 4.78 is 33.3. The quantitative estimate of drug-likeness (QED) is 0.0334. The fourth-order valence-electron chi connectivity index (χ4n) is 7.54. The topological polar surface area (TPSA) is 131 Å². The molecule has 3 atom stereocenters. The molecule has 0 saturated carbocycles. The molecule has 11 heteroatoms. The lowest BCUT2D eigenvalue weighted by molar-refractivity contribution is -0.164. The van der Waals surface area contributed by atoms with E-state index in [0.717, 1.165) is 44.9 Å². The van der Waals surface area contributed by atoms with Gasteiger partial charge in [0.05, 0.1) is 19.5 Å². The Morgan fingerprint density at radius 1 is 0.891 bits per heavy atom. The number of ether oxygens (including phenoxy) is 3. The summed E-state index contributed by atoms with van der Waals surface area (Å²) in [5.41, 5.74) is 5.12. The van der Waals surface area contributed by atoms with E-state index in [1.807, 2.05) is 4.57 Å². The van der Waals surface area contributed by atoms with Crippen LogP contribution >= 0.6 is 0 Å². The number of carbonyl (C=O) groups is 2. The summed E-state index contributed by atoms with van der Waals surface area (Å²) in [6, 6.07) is -0.222. The first-order chi connectivity index (χ1) is 26.8. The average Bonchev–Trinajstić information content (AvgIpc) is 3.85. The number of halogens is 1. The monoisotopic (exact) mass is 770 g/mol. The Morgan fingerprint density at radius 2 is 1.45 bits per heavy atom. The molecule has 0 aliphatic carbocycles. The Bertz CT molecular complexity index is 1410. The number of carbonyl (C=O) groups excluding carboxylic acids is 2. The van der Waals surface area contributed by atoms with Gasteiger partial charge in [-0.25, -0.2) is 4.98 Å². The molecule has 55 heavy (non-hydrogen) atoms. The zero-order valence-corrected chi connectivity index (χ0v) is 34.3. The van der Waals surface area contributed by atoms with Gasteiger partial charge in [0.1, 0.15) is 18.2 Å². The lowest BCUT2D eigenvalue weighted by Crippen LogP contribution is -2.39. The van der Waals surface area contributed by atoms with Crippen molar-refractivity contribution in [1.82, 2.24) is 19.5 Å². The smallest absolute Gasteiger partial charge is 0.328 e. The Morgan fingerprint density at radius 3 is 2.00 bits per heavy atom. The van der Waals surface area contributed by atoms with Gasteiger partial charge in [-0.15, -0.1) is 6.42 Å². The van der Waals surface area contributed by atoms with Crippen molar-refractivity contribution in [3.63, 3.8) is 0 Å². The molecule has 2 aromatic rings. The third-order valence-corrected chi connectivity index (χ3v) is 11.2. The predicted molar refractivity (Wildman–Crippen MR) is 218 cm³/mol. The SMILES string of the molecule is C#C[C@](CC[C@@H](CCCCCCCCCCC)n1cnc2c(N)nc(F)nc21)(COC(=O)CCCCCCCCCCCCCCC)C(=O)OC1CCOC1. The Kier molecular flexibility index (Phi) is 22.9. The van der Waals surface area contributed by atoms with E-state index in [0.29, 0.717) is 37.2 Å². The summed E-state index contributed by atoms with van der Waals surface area (Å²) in [5.74, 6) is 1.72. The number of imidazole rings is 1. The van der Waals surface area contributed by atoms with Crippen molar-refractivity contribution in [3.05, 3.63) is 12.4 Å². The minimum absolute atomic E-state index is 0.0289. The van der Waals surface area contributed by atoms with Gasteiger partial charge in [-0.2, -0.15) is 14.4 Å². The Balaban J connectivity index is 1.58. The van der Waals surface area contributed by atoms with E-state index in [1.54, 1.807) is 6.33 Å². The van der Waals surface area contributed by atoms with Gasteiger partial charge in [0.25, 0.3) is 0 Å². The average molecular weight is 770 g/mol. The van der Waals surface area contributed by atoms with Crippen molar-refractivity contribution < 1.29 is 28.2 Å². The van der Waals surface area contributed by atoms with Crippen molar-refractivity contribution >= 4 is 28.9 Å². The number of nitrogens with zero attached hydrogens (tertiary/aromatic N) is 4. The summed E-state index contributed by atoms with van der Waals surface area (Å²) in [6.45, 7) is 5.02. The van der Waals surface area contributed by atoms with Gasteiger partial charge in [0.2, 0.25) is 0 Å². The molecule has 0 spiro atoms. The van der Waals surface area contributed by atoms with Crippen molar-refractivity contribution in [3.8, 4) is 12.3 Å². The molecular weight excluding hydrogens is 698 g/mol. The standard InChI is InChI=1S/C44H72FN5O5/c1-4-7-9-11-13-15-16-17-18-20-22-24-26-28-38(51)54-34-44(6-3,42(52)55-37-30-32-53-33-37)31-29-36(27-25-23-21-19-14-12-10-8-5-2)50-35-47-39-40(46)48-43(45)49-41(39)50/h3,35-37H,4-5,7-34H2,1-2H3,(H2,46,48,49)/t36-,37?,44+/m1/s1. The van der Waals surface area contributed by atoms with Crippen molar-refractivity contribution in [1.29, 1.82) is 0 Å². The molecular formula is C44H72FN5O5. The highest BCUT2D eigenvalue weighted by Crippen LogP contribution is 2.34. The van der Waals surface area contributed by atoms with E-state index in [9.17, 15) is 14.0 Å². The maximum atomic E-state index is 14.4. The molecule has 10 nitrogen and oxygen atoms in total. The molecule has 3 heterocycles. The van der Waals surface area contributed by atoms with Crippen LogP contribution in [0.15, 0.2) is 6.33 Å². The van der Waals surface area contributed by atoms with Gasteiger partial charge in [0.15, 0.2) is 16.9 Å². The van der Waals surface area contributed by atoms with Crippen LogP contribution in [-0.2, 0) is 23.8 Å². The molecule has 1 unspecified atom stereocenters. The third-order valence-electron chi connectivity index (χ3n) is 11.2. The molecule has 0 radical (unpaired) electrons. The molecule has 1 saturated heterocycles. The molecule has 1 aliphatic rings. The lowest BCUT2D eigenvalue weighted by Gasteiger charge is -2.29. The molecule has 2 aromatic heterocycles. The lowest BCUT2D eigenvalue weighted by atomic mass is 9.82. The number of aromatic nitrogens is 4. The number of esters is 2. The zero-order valence-electron chi connectivity index (χ0n) is 34.3. The van der Waals surface area contributed by atoms with Gasteiger partial charge in [-0.05, 0) is 25.7 Å². The van der Waals surface area contributed by atoms with Crippen LogP contribution in [0.2, 0.25) is 0 Å². The van der Waals surface area contributed by atoms with E-state index < -0.39 is 23.6 Å². The number of nitrogens with two attached hydrogens (primary N) is 1. The van der Waals surface area contributed by atoms with Crippen LogP contribution in [0.4, 0.5) is 10.2 Å². The highest BCUT2D eigenvalue weighted by atomic mass is 19.1. The second-order valence-corrected chi connectivity index (χ2v) is 15.8. The molecule has 0 amide bonds. The van der Waals surface area contributed by atoms with Crippen LogP contribution < -0.4 is 5.73 Å². The van der Waals surface area contributed by atoms with Crippen LogP contribution in [0.3, 0.4) is 0 Å². The fourth-order valence-corrected chi connectivity index (χ4v) is 7.54. The summed E-state index contributed by atoms with van der Waals surface area (Å²) in [7, 11) is 0. The van der Waals surface area contributed by atoms with Crippen LogP contribution in [0.1, 0.15) is 193 Å². The van der Waals surface area contributed by atoms with Gasteiger partial charge in [0, 0.05) is 18.9 Å². The normalized spacial score (nSPS) is 15.9. The minimum atomic E-state index is -1.50. The summed E-state index contributed by atoms with van der Waals surface area (Å²) in [6.07, 6.45) is 35.1. The van der Waals surface area contributed by atoms with Crippen LogP contribution in [0.5, 0.6) is 0 Å². The number of rotatable bonds is 32. The van der Waals surface area contributed by atoms with Crippen LogP contribution in [0, 0.1) is 23.8 Å². The van der Waals surface area contributed by atoms with Gasteiger partial charge < -0.3 is 24.5 Å². The summed E-state index contributed by atoms with van der Waals surface area (Å²) in [4.78, 5) is 38.9. The number of fused-ring (bicyclic) bond motifs is 1. The molecule has 2 N–H and O–H groups in total. The zero-order chi connectivity index (χ0) is 39.6. The van der Waals surface area contributed by atoms with Crippen molar-refractivity contribution in [2.24, 2.45) is 5.41 Å². The first kappa shape index (κ1) is 46.1. The highest BCUT2D eigenvalue weighted by molar-refractivity contribution is 5.82. The van der Waals surface area contributed by atoms with E-state index >= 15 is 0 Å². The van der Waals surface area contributed by atoms with Crippen molar-refractivity contribution in [2.45, 2.75) is 199 Å². The molecule has 1 fully saturated rings.